The second-order valence-electron chi connectivity index (χ2n) is 6.75. The van der Waals surface area contributed by atoms with Crippen molar-refractivity contribution in [1.82, 2.24) is 10.2 Å². The number of methoxy groups -OCH3 is 1. The van der Waals surface area contributed by atoms with Crippen LogP contribution in [0.15, 0.2) is 12.1 Å². The summed E-state index contributed by atoms with van der Waals surface area (Å²) in [6.45, 7) is 7.84. The molecule has 1 fully saturated rings. The fraction of sp³-hybridized carbons (Fsp3) is 0.579. The molecule has 2 aromatic rings. The Morgan fingerprint density at radius 2 is 1.96 bits per heavy atom. The van der Waals surface area contributed by atoms with Crippen molar-refractivity contribution in [3.05, 3.63) is 23.3 Å². The summed E-state index contributed by atoms with van der Waals surface area (Å²) in [4.78, 5) is 0. The zero-order valence-electron chi connectivity index (χ0n) is 15.5. The van der Waals surface area contributed by atoms with Crippen molar-refractivity contribution in [3.63, 3.8) is 0 Å². The van der Waals surface area contributed by atoms with E-state index >= 15 is 0 Å². The van der Waals surface area contributed by atoms with Gasteiger partial charge in [-0.1, -0.05) is 18.3 Å². The molecule has 0 bridgehead atoms. The molecule has 0 aliphatic heterocycles. The molecule has 1 aliphatic rings. The van der Waals surface area contributed by atoms with Gasteiger partial charge in [0.05, 0.1) is 6.10 Å². The summed E-state index contributed by atoms with van der Waals surface area (Å²) in [5.74, 6) is 1.77. The Labute approximate surface area is 153 Å². The van der Waals surface area contributed by atoms with Gasteiger partial charge in [0.1, 0.15) is 17.4 Å². The number of aryl methyl sites for hydroxylation is 2. The summed E-state index contributed by atoms with van der Waals surface area (Å²) >= 11 is 1.61. The van der Waals surface area contributed by atoms with E-state index in [4.69, 9.17) is 9.47 Å². The first-order valence-electron chi connectivity index (χ1n) is 8.95. The fourth-order valence-electron chi connectivity index (χ4n) is 2.80. The van der Waals surface area contributed by atoms with Gasteiger partial charge in [-0.2, -0.15) is 0 Å². The lowest BCUT2D eigenvalue weighted by Crippen LogP contribution is -2.19. The molecule has 1 aliphatic carbocycles. The number of nitrogens with zero attached hydrogens (tertiary/aromatic N) is 2. The molecule has 136 valence electrons. The molecule has 1 unspecified atom stereocenters. The van der Waals surface area contributed by atoms with Crippen LogP contribution in [0.4, 0.5) is 5.13 Å². The Morgan fingerprint density at radius 1 is 1.24 bits per heavy atom. The Hall–Kier alpha value is -1.66. The van der Waals surface area contributed by atoms with Gasteiger partial charge in [0, 0.05) is 19.2 Å². The molecule has 0 amide bonds. The van der Waals surface area contributed by atoms with Crippen LogP contribution in [-0.4, -0.2) is 36.6 Å². The largest absolute Gasteiger partial charge is 0.490 e. The van der Waals surface area contributed by atoms with Gasteiger partial charge in [0.25, 0.3) is 0 Å². The number of nitrogens with one attached hydrogen (secondary N) is 1. The summed E-state index contributed by atoms with van der Waals surface area (Å²) in [7, 11) is 1.73. The van der Waals surface area contributed by atoms with E-state index in [2.05, 4.69) is 48.4 Å². The van der Waals surface area contributed by atoms with Crippen LogP contribution in [0.3, 0.4) is 0 Å². The van der Waals surface area contributed by atoms with Gasteiger partial charge in [-0.3, -0.25) is 0 Å². The average molecular weight is 362 g/mol. The Bertz CT molecular complexity index is 685. The minimum Gasteiger partial charge on any atom is -0.490 e. The molecule has 1 aromatic heterocycles. The predicted octanol–water partition coefficient (Wildman–Crippen LogP) is 4.45. The van der Waals surface area contributed by atoms with E-state index in [9.17, 15) is 0 Å². The highest BCUT2D eigenvalue weighted by Gasteiger charge is 2.21. The Balaban J connectivity index is 1.70. The van der Waals surface area contributed by atoms with E-state index < -0.39 is 0 Å². The SMILES string of the molecule is CCC(COc1c(C)cc(-c2nnc(NCC3CC3)s2)cc1C)OC. The maximum Gasteiger partial charge on any atom is 0.206 e. The van der Waals surface area contributed by atoms with E-state index in [1.54, 1.807) is 18.4 Å². The third-order valence-electron chi connectivity index (χ3n) is 4.57. The molecule has 0 radical (unpaired) electrons. The fourth-order valence-corrected chi connectivity index (χ4v) is 3.53. The Kier molecular flexibility index (Phi) is 5.91. The van der Waals surface area contributed by atoms with Crippen molar-refractivity contribution in [2.45, 2.75) is 46.1 Å². The van der Waals surface area contributed by atoms with Crippen LogP contribution in [0.5, 0.6) is 5.75 Å². The molecule has 0 saturated heterocycles. The average Bonchev–Trinajstić information content (AvgIpc) is 3.31. The second-order valence-corrected chi connectivity index (χ2v) is 7.73. The lowest BCUT2D eigenvalue weighted by molar-refractivity contribution is 0.0551. The minimum absolute atomic E-state index is 0.127. The van der Waals surface area contributed by atoms with Crippen LogP contribution >= 0.6 is 11.3 Å². The van der Waals surface area contributed by atoms with Gasteiger partial charge in [0.15, 0.2) is 0 Å². The lowest BCUT2D eigenvalue weighted by atomic mass is 10.1. The zero-order valence-corrected chi connectivity index (χ0v) is 16.3. The minimum atomic E-state index is 0.127. The number of ether oxygens (including phenoxy) is 2. The summed E-state index contributed by atoms with van der Waals surface area (Å²) in [5.41, 5.74) is 3.32. The second kappa shape index (κ2) is 8.15. The van der Waals surface area contributed by atoms with Crippen LogP contribution < -0.4 is 10.1 Å². The molecular weight excluding hydrogens is 334 g/mol. The zero-order chi connectivity index (χ0) is 17.8. The number of rotatable bonds is 9. The Morgan fingerprint density at radius 3 is 2.56 bits per heavy atom. The van der Waals surface area contributed by atoms with E-state index in [0.717, 1.165) is 51.5 Å². The number of aromatic nitrogens is 2. The quantitative estimate of drug-likeness (QED) is 0.715. The van der Waals surface area contributed by atoms with Gasteiger partial charge >= 0.3 is 0 Å². The monoisotopic (exact) mass is 361 g/mol. The molecule has 5 nitrogen and oxygen atoms in total. The summed E-state index contributed by atoms with van der Waals surface area (Å²) in [6, 6.07) is 4.25. The highest BCUT2D eigenvalue weighted by Crippen LogP contribution is 2.34. The number of anilines is 1. The summed E-state index contributed by atoms with van der Waals surface area (Å²) in [5, 5.41) is 13.8. The molecular formula is C19H27N3O2S. The first-order chi connectivity index (χ1) is 12.1. The van der Waals surface area contributed by atoms with Crippen molar-refractivity contribution in [1.29, 1.82) is 0 Å². The topological polar surface area (TPSA) is 56.3 Å². The van der Waals surface area contributed by atoms with Gasteiger partial charge in [-0.05, 0) is 62.3 Å². The number of hydrogen-bond donors (Lipinski definition) is 1. The van der Waals surface area contributed by atoms with Gasteiger partial charge in [-0.15, -0.1) is 10.2 Å². The van der Waals surface area contributed by atoms with Crippen molar-refractivity contribution in [3.8, 4) is 16.3 Å². The molecule has 1 aromatic carbocycles. The lowest BCUT2D eigenvalue weighted by Gasteiger charge is -2.17. The first-order valence-corrected chi connectivity index (χ1v) is 9.77. The summed E-state index contributed by atoms with van der Waals surface area (Å²) < 4.78 is 11.4. The van der Waals surface area contributed by atoms with Gasteiger partial charge in [-0.25, -0.2) is 0 Å². The van der Waals surface area contributed by atoms with E-state index in [0.29, 0.717) is 6.61 Å². The van der Waals surface area contributed by atoms with Crippen molar-refractivity contribution in [2.24, 2.45) is 5.92 Å². The standard InChI is InChI=1S/C19H27N3O2S/c1-5-16(23-4)11-24-17-12(2)8-15(9-13(17)3)18-21-22-19(25-18)20-10-14-6-7-14/h8-9,14,16H,5-7,10-11H2,1-4H3,(H,20,22). The molecule has 25 heavy (non-hydrogen) atoms. The van der Waals surface area contributed by atoms with Crippen LogP contribution in [0.1, 0.15) is 37.3 Å². The first kappa shape index (κ1) is 18.1. The van der Waals surface area contributed by atoms with Crippen molar-refractivity contribution < 1.29 is 9.47 Å². The van der Waals surface area contributed by atoms with Crippen LogP contribution in [0, 0.1) is 19.8 Å². The van der Waals surface area contributed by atoms with Gasteiger partial charge < -0.3 is 14.8 Å². The maximum absolute atomic E-state index is 6.01. The molecule has 1 atom stereocenters. The molecule has 1 heterocycles. The molecule has 1 N–H and O–H groups in total. The molecule has 6 heteroatoms. The smallest absolute Gasteiger partial charge is 0.206 e. The molecule has 3 rings (SSSR count). The highest BCUT2D eigenvalue weighted by atomic mass is 32.1. The van der Waals surface area contributed by atoms with Gasteiger partial charge in [0.2, 0.25) is 5.13 Å². The maximum atomic E-state index is 6.01. The van der Waals surface area contributed by atoms with Crippen LogP contribution in [0.25, 0.3) is 10.6 Å². The van der Waals surface area contributed by atoms with Crippen molar-refractivity contribution >= 4 is 16.5 Å². The van der Waals surface area contributed by atoms with Crippen molar-refractivity contribution in [2.75, 3.05) is 25.6 Å². The predicted molar refractivity (Wildman–Crippen MR) is 103 cm³/mol. The van der Waals surface area contributed by atoms with E-state index in [1.165, 1.54) is 12.8 Å². The normalized spacial score (nSPS) is 15.2. The third kappa shape index (κ3) is 4.70. The molecule has 1 saturated carbocycles. The highest BCUT2D eigenvalue weighted by molar-refractivity contribution is 7.18. The van der Waals surface area contributed by atoms with E-state index in [1.807, 2.05) is 0 Å². The van der Waals surface area contributed by atoms with E-state index in [-0.39, 0.29) is 6.10 Å². The number of benzene rings is 1. The van der Waals surface area contributed by atoms with Crippen LogP contribution in [-0.2, 0) is 4.74 Å². The molecule has 0 spiro atoms. The summed E-state index contributed by atoms with van der Waals surface area (Å²) in [6.07, 6.45) is 3.73. The number of hydrogen-bond acceptors (Lipinski definition) is 6. The third-order valence-corrected chi connectivity index (χ3v) is 5.50. The van der Waals surface area contributed by atoms with Crippen LogP contribution in [0.2, 0.25) is 0 Å².